The Hall–Kier alpha value is -1.64. The molecular formula is C10H7N3S. The number of rotatable bonds is 1. The van der Waals surface area contributed by atoms with Gasteiger partial charge in [0.1, 0.15) is 0 Å². The van der Waals surface area contributed by atoms with Crippen LogP contribution >= 0.6 is 12.2 Å². The zero-order valence-electron chi connectivity index (χ0n) is 7.56. The molecule has 0 saturated heterocycles. The topological polar surface area (TPSA) is 38.1 Å². The maximum atomic E-state index is 4.50. The van der Waals surface area contributed by atoms with Crippen LogP contribution in [0.3, 0.4) is 0 Å². The highest BCUT2D eigenvalue weighted by molar-refractivity contribution is 7.78. The summed E-state index contributed by atoms with van der Waals surface area (Å²) in [7, 11) is 0. The minimum Gasteiger partial charge on any atom is -0.251 e. The maximum absolute atomic E-state index is 4.50. The van der Waals surface area contributed by atoms with E-state index in [0.717, 1.165) is 16.6 Å². The smallest absolute Gasteiger partial charge is 0.181 e. The molecule has 0 fully saturated rings. The van der Waals surface area contributed by atoms with E-state index in [9.17, 15) is 0 Å². The van der Waals surface area contributed by atoms with Crippen molar-refractivity contribution >= 4 is 34.2 Å². The minimum atomic E-state index is 0.498. The predicted molar refractivity (Wildman–Crippen MR) is 59.0 cm³/mol. The zero-order valence-corrected chi connectivity index (χ0v) is 8.38. The first kappa shape index (κ1) is 8.94. The summed E-state index contributed by atoms with van der Waals surface area (Å²) in [6, 6.07) is 5.90. The van der Waals surface area contributed by atoms with Crippen LogP contribution in [0.2, 0.25) is 0 Å². The monoisotopic (exact) mass is 201 g/mol. The molecule has 14 heavy (non-hydrogen) atoms. The second kappa shape index (κ2) is 3.62. The number of isothiocyanates is 1. The summed E-state index contributed by atoms with van der Waals surface area (Å²) in [6.07, 6.45) is 1.58. The van der Waals surface area contributed by atoms with Gasteiger partial charge in [0.15, 0.2) is 5.82 Å². The third-order valence-electron chi connectivity index (χ3n) is 1.85. The molecule has 1 aromatic carbocycles. The molecule has 0 aliphatic carbocycles. The highest BCUT2D eigenvalue weighted by atomic mass is 32.1. The van der Waals surface area contributed by atoms with E-state index in [-0.39, 0.29) is 0 Å². The fourth-order valence-electron chi connectivity index (χ4n) is 1.21. The van der Waals surface area contributed by atoms with E-state index in [2.05, 4.69) is 32.3 Å². The van der Waals surface area contributed by atoms with Crippen LogP contribution in [0.4, 0.5) is 5.82 Å². The van der Waals surface area contributed by atoms with Crippen LogP contribution in [0.15, 0.2) is 29.4 Å². The Morgan fingerprint density at radius 1 is 1.36 bits per heavy atom. The van der Waals surface area contributed by atoms with Crippen molar-refractivity contribution in [3.8, 4) is 0 Å². The lowest BCUT2D eigenvalue weighted by molar-refractivity contribution is 1.25. The summed E-state index contributed by atoms with van der Waals surface area (Å²) in [5, 5.41) is 2.27. The molecule has 3 nitrogen and oxygen atoms in total. The van der Waals surface area contributed by atoms with Gasteiger partial charge < -0.3 is 0 Å². The van der Waals surface area contributed by atoms with Gasteiger partial charge in [0, 0.05) is 0 Å². The number of hydrogen-bond donors (Lipinski definition) is 0. The molecular weight excluding hydrogens is 194 g/mol. The largest absolute Gasteiger partial charge is 0.251 e. The van der Waals surface area contributed by atoms with Gasteiger partial charge in [0.25, 0.3) is 0 Å². The number of thiocarbonyl (C=S) groups is 1. The Labute approximate surface area is 86.5 Å². The Balaban J connectivity index is 2.69. The van der Waals surface area contributed by atoms with Crippen LogP contribution in [-0.2, 0) is 0 Å². The average Bonchev–Trinajstić information content (AvgIpc) is 2.17. The van der Waals surface area contributed by atoms with Crippen LogP contribution in [0.1, 0.15) is 5.56 Å². The van der Waals surface area contributed by atoms with Gasteiger partial charge in [-0.3, -0.25) is 4.98 Å². The Morgan fingerprint density at radius 2 is 2.21 bits per heavy atom. The van der Waals surface area contributed by atoms with E-state index < -0.39 is 0 Å². The van der Waals surface area contributed by atoms with Crippen molar-refractivity contribution in [2.75, 3.05) is 0 Å². The second-order valence-electron chi connectivity index (χ2n) is 2.92. The van der Waals surface area contributed by atoms with E-state index in [0.29, 0.717) is 5.82 Å². The van der Waals surface area contributed by atoms with Gasteiger partial charge in [0.2, 0.25) is 0 Å². The van der Waals surface area contributed by atoms with E-state index >= 15 is 0 Å². The average molecular weight is 201 g/mol. The minimum absolute atomic E-state index is 0.498. The van der Waals surface area contributed by atoms with Crippen molar-refractivity contribution in [3.05, 3.63) is 30.0 Å². The molecule has 0 unspecified atom stereocenters. The number of fused-ring (bicyclic) bond motifs is 1. The van der Waals surface area contributed by atoms with Crippen LogP contribution in [0.5, 0.6) is 0 Å². The van der Waals surface area contributed by atoms with E-state index in [1.807, 2.05) is 25.1 Å². The van der Waals surface area contributed by atoms with Crippen molar-refractivity contribution in [1.82, 2.24) is 9.97 Å². The van der Waals surface area contributed by atoms with E-state index in [1.165, 1.54) is 0 Å². The first-order chi connectivity index (χ1) is 6.79. The molecule has 4 heteroatoms. The van der Waals surface area contributed by atoms with Crippen molar-refractivity contribution in [1.29, 1.82) is 0 Å². The molecule has 0 saturated carbocycles. The van der Waals surface area contributed by atoms with Gasteiger partial charge in [-0.1, -0.05) is 6.07 Å². The first-order valence-corrected chi connectivity index (χ1v) is 4.52. The lowest BCUT2D eigenvalue weighted by atomic mass is 10.2. The van der Waals surface area contributed by atoms with Crippen LogP contribution in [0, 0.1) is 6.92 Å². The van der Waals surface area contributed by atoms with Crippen molar-refractivity contribution in [2.45, 2.75) is 6.92 Å². The molecule has 1 aromatic heterocycles. The molecule has 0 aliphatic heterocycles. The summed E-state index contributed by atoms with van der Waals surface area (Å²) < 4.78 is 0. The molecule has 0 spiro atoms. The van der Waals surface area contributed by atoms with Crippen molar-refractivity contribution in [2.24, 2.45) is 4.99 Å². The number of aromatic nitrogens is 2. The van der Waals surface area contributed by atoms with Crippen molar-refractivity contribution in [3.63, 3.8) is 0 Å². The standard InChI is InChI=1S/C10H7N3S/c1-7-2-3-8-9(4-7)13-10(5-11-8)12-6-14/h2-5H,1H3. The summed E-state index contributed by atoms with van der Waals surface area (Å²) in [5.41, 5.74) is 2.84. The Kier molecular flexibility index (Phi) is 2.31. The molecule has 1 heterocycles. The van der Waals surface area contributed by atoms with Crippen LogP contribution in [-0.4, -0.2) is 15.1 Å². The highest BCUT2D eigenvalue weighted by Gasteiger charge is 1.97. The summed E-state index contributed by atoms with van der Waals surface area (Å²) >= 11 is 4.50. The van der Waals surface area contributed by atoms with Gasteiger partial charge in [-0.15, -0.1) is 0 Å². The number of aryl methyl sites for hydroxylation is 1. The quantitative estimate of drug-likeness (QED) is 0.526. The first-order valence-electron chi connectivity index (χ1n) is 4.11. The summed E-state index contributed by atoms with van der Waals surface area (Å²) in [4.78, 5) is 12.2. The molecule has 68 valence electrons. The van der Waals surface area contributed by atoms with E-state index in [1.54, 1.807) is 6.20 Å². The van der Waals surface area contributed by atoms with Crippen LogP contribution in [0.25, 0.3) is 11.0 Å². The number of hydrogen-bond acceptors (Lipinski definition) is 4. The Morgan fingerprint density at radius 3 is 3.00 bits per heavy atom. The van der Waals surface area contributed by atoms with Crippen molar-refractivity contribution < 1.29 is 0 Å². The summed E-state index contributed by atoms with van der Waals surface area (Å²) in [5.74, 6) is 0.498. The number of nitrogens with zero attached hydrogens (tertiary/aromatic N) is 3. The lowest BCUT2D eigenvalue weighted by Gasteiger charge is -1.97. The molecule has 2 rings (SSSR count). The molecule has 0 atom stereocenters. The van der Waals surface area contributed by atoms with Gasteiger partial charge in [0.05, 0.1) is 22.4 Å². The zero-order chi connectivity index (χ0) is 9.97. The highest BCUT2D eigenvalue weighted by Crippen LogP contribution is 2.14. The molecule has 0 bridgehead atoms. The fourth-order valence-corrected chi connectivity index (χ4v) is 1.31. The second-order valence-corrected chi connectivity index (χ2v) is 3.11. The summed E-state index contributed by atoms with van der Waals surface area (Å²) in [6.45, 7) is 2.01. The van der Waals surface area contributed by atoms with Gasteiger partial charge >= 0.3 is 0 Å². The van der Waals surface area contributed by atoms with Gasteiger partial charge in [-0.05, 0) is 36.8 Å². The normalized spacial score (nSPS) is 9.79. The van der Waals surface area contributed by atoms with Gasteiger partial charge in [-0.2, -0.15) is 4.99 Å². The fraction of sp³-hybridized carbons (Fsp3) is 0.100. The molecule has 2 aromatic rings. The third-order valence-corrected chi connectivity index (χ3v) is 1.94. The molecule has 0 radical (unpaired) electrons. The lowest BCUT2D eigenvalue weighted by Crippen LogP contribution is -1.84. The molecule has 0 aliphatic rings. The molecule has 0 N–H and O–H groups in total. The third kappa shape index (κ3) is 1.66. The number of aliphatic imine (C=N–C) groups is 1. The molecule has 0 amide bonds. The van der Waals surface area contributed by atoms with Gasteiger partial charge in [-0.25, -0.2) is 4.98 Å². The maximum Gasteiger partial charge on any atom is 0.181 e. The number of benzene rings is 1. The van der Waals surface area contributed by atoms with E-state index in [4.69, 9.17) is 0 Å². The Bertz CT molecular complexity index is 530. The SMILES string of the molecule is Cc1ccc2ncc(N=C=S)nc2c1. The van der Waals surface area contributed by atoms with Crippen LogP contribution < -0.4 is 0 Å². The predicted octanol–water partition coefficient (Wildman–Crippen LogP) is 2.67.